The molecule has 0 radical (unpaired) electrons. The minimum atomic E-state index is -0.359. The number of amides is 2. The number of benzene rings is 2. The number of H-pyrrole nitrogens is 1. The molecule has 3 aromatic rings. The van der Waals surface area contributed by atoms with Crippen LogP contribution in [0.4, 0.5) is 14.9 Å². The van der Waals surface area contributed by atoms with Crippen molar-refractivity contribution in [1.29, 1.82) is 0 Å². The molecule has 0 saturated carbocycles. The van der Waals surface area contributed by atoms with Crippen molar-refractivity contribution in [1.82, 2.24) is 14.8 Å². The van der Waals surface area contributed by atoms with Crippen LogP contribution in [0.1, 0.15) is 30.9 Å². The number of likely N-dealkylation sites (tertiary alicyclic amines) is 1. The van der Waals surface area contributed by atoms with Crippen LogP contribution >= 0.6 is 0 Å². The molecule has 2 heterocycles. The summed E-state index contributed by atoms with van der Waals surface area (Å²) in [4.78, 5) is 33.1. The van der Waals surface area contributed by atoms with Crippen molar-refractivity contribution >= 4 is 22.6 Å². The summed E-state index contributed by atoms with van der Waals surface area (Å²) < 4.78 is 13.3. The SMILES string of the molecule is CCN1CCC[C@@H]1CN(Cc1cc2cccc(C)c2[nH]c1=O)C(=O)Nc1ccc(F)cc1. The number of carbonyl (C=O) groups is 1. The second-order valence-corrected chi connectivity index (χ2v) is 8.41. The predicted octanol–water partition coefficient (Wildman–Crippen LogP) is 4.49. The second kappa shape index (κ2) is 9.53. The Balaban J connectivity index is 1.61. The van der Waals surface area contributed by atoms with Crippen LogP contribution in [0.5, 0.6) is 0 Å². The topological polar surface area (TPSA) is 68.4 Å². The van der Waals surface area contributed by atoms with E-state index in [0.29, 0.717) is 17.8 Å². The lowest BCUT2D eigenvalue weighted by Gasteiger charge is -2.30. The maximum absolute atomic E-state index is 13.3. The summed E-state index contributed by atoms with van der Waals surface area (Å²) in [6, 6.07) is 13.4. The number of urea groups is 1. The van der Waals surface area contributed by atoms with Crippen LogP contribution in [-0.4, -0.2) is 46.5 Å². The summed E-state index contributed by atoms with van der Waals surface area (Å²) in [5.41, 5.74) is 2.69. The fourth-order valence-corrected chi connectivity index (χ4v) is 4.48. The van der Waals surface area contributed by atoms with Gasteiger partial charge in [0.15, 0.2) is 0 Å². The molecule has 1 aromatic heterocycles. The van der Waals surface area contributed by atoms with E-state index in [0.717, 1.165) is 42.4 Å². The van der Waals surface area contributed by atoms with Gasteiger partial charge >= 0.3 is 6.03 Å². The van der Waals surface area contributed by atoms with Crippen molar-refractivity contribution in [2.75, 3.05) is 25.0 Å². The molecule has 4 rings (SSSR count). The Kier molecular flexibility index (Phi) is 6.55. The van der Waals surface area contributed by atoms with E-state index >= 15 is 0 Å². The first-order valence-electron chi connectivity index (χ1n) is 11.1. The minimum absolute atomic E-state index is 0.190. The molecule has 1 atom stereocenters. The van der Waals surface area contributed by atoms with Crippen LogP contribution in [0, 0.1) is 12.7 Å². The number of para-hydroxylation sites is 1. The first-order valence-corrected chi connectivity index (χ1v) is 11.1. The first kappa shape index (κ1) is 22.0. The van der Waals surface area contributed by atoms with Gasteiger partial charge in [-0.1, -0.05) is 25.1 Å². The number of hydrogen-bond acceptors (Lipinski definition) is 3. The number of pyridine rings is 1. The van der Waals surface area contributed by atoms with Crippen LogP contribution in [0.2, 0.25) is 0 Å². The molecule has 0 aliphatic carbocycles. The Morgan fingerprint density at radius 3 is 2.78 bits per heavy atom. The highest BCUT2D eigenvalue weighted by Gasteiger charge is 2.28. The minimum Gasteiger partial charge on any atom is -0.321 e. The van der Waals surface area contributed by atoms with Gasteiger partial charge in [0.1, 0.15) is 5.82 Å². The van der Waals surface area contributed by atoms with E-state index in [2.05, 4.69) is 22.1 Å². The van der Waals surface area contributed by atoms with E-state index in [1.54, 1.807) is 4.90 Å². The first-order chi connectivity index (χ1) is 15.4. The van der Waals surface area contributed by atoms with E-state index < -0.39 is 0 Å². The Hall–Kier alpha value is -3.19. The molecule has 1 saturated heterocycles. The standard InChI is InChI=1S/C25H29FN4O2/c1-3-29-13-5-8-22(29)16-30(25(32)27-21-11-9-20(26)10-12-21)15-19-14-18-7-4-6-17(2)23(18)28-24(19)31/h4,6-7,9-12,14,22H,3,5,8,13,15-16H2,1-2H3,(H,27,32)(H,28,31)/t22-/m1/s1. The number of fused-ring (bicyclic) bond motifs is 1. The number of anilines is 1. The molecule has 2 aromatic carbocycles. The van der Waals surface area contributed by atoms with E-state index in [4.69, 9.17) is 0 Å². The fraction of sp³-hybridized carbons (Fsp3) is 0.360. The molecule has 1 aliphatic heterocycles. The molecule has 1 aliphatic rings. The number of aryl methyl sites for hydroxylation is 1. The number of rotatable bonds is 6. The van der Waals surface area contributed by atoms with Gasteiger partial charge in [0.25, 0.3) is 5.56 Å². The highest BCUT2D eigenvalue weighted by Crippen LogP contribution is 2.21. The molecule has 0 spiro atoms. The smallest absolute Gasteiger partial charge is 0.321 e. The van der Waals surface area contributed by atoms with E-state index in [1.165, 1.54) is 24.3 Å². The lowest BCUT2D eigenvalue weighted by molar-refractivity contribution is 0.174. The number of halogens is 1. The number of nitrogens with one attached hydrogen (secondary N) is 2. The summed E-state index contributed by atoms with van der Waals surface area (Å²) in [6.07, 6.45) is 2.11. The summed E-state index contributed by atoms with van der Waals surface area (Å²) in [7, 11) is 0. The van der Waals surface area contributed by atoms with Crippen LogP contribution < -0.4 is 10.9 Å². The lowest BCUT2D eigenvalue weighted by atomic mass is 10.1. The van der Waals surface area contributed by atoms with Crippen molar-refractivity contribution in [3.05, 3.63) is 75.8 Å². The maximum Gasteiger partial charge on any atom is 0.322 e. The van der Waals surface area contributed by atoms with E-state index in [1.807, 2.05) is 31.2 Å². The van der Waals surface area contributed by atoms with Gasteiger partial charge in [-0.2, -0.15) is 0 Å². The van der Waals surface area contributed by atoms with Gasteiger partial charge in [-0.25, -0.2) is 9.18 Å². The molecule has 168 valence electrons. The van der Waals surface area contributed by atoms with Gasteiger partial charge in [-0.15, -0.1) is 0 Å². The number of nitrogens with zero attached hydrogens (tertiary/aromatic N) is 2. The van der Waals surface area contributed by atoms with Gasteiger partial charge in [-0.05, 0) is 74.1 Å². The van der Waals surface area contributed by atoms with Gasteiger partial charge in [0, 0.05) is 23.8 Å². The Labute approximate surface area is 187 Å². The molecule has 7 heteroatoms. The Morgan fingerprint density at radius 2 is 2.03 bits per heavy atom. The van der Waals surface area contributed by atoms with Crippen molar-refractivity contribution in [2.24, 2.45) is 0 Å². The van der Waals surface area contributed by atoms with Crippen molar-refractivity contribution in [2.45, 2.75) is 39.3 Å². The molecule has 2 N–H and O–H groups in total. The summed E-state index contributed by atoms with van der Waals surface area (Å²) in [5.74, 6) is -0.359. The van der Waals surface area contributed by atoms with Crippen molar-refractivity contribution < 1.29 is 9.18 Å². The highest BCUT2D eigenvalue weighted by molar-refractivity contribution is 5.89. The molecule has 0 unspecified atom stereocenters. The van der Waals surface area contributed by atoms with Crippen LogP contribution in [0.15, 0.2) is 53.3 Å². The fourth-order valence-electron chi connectivity index (χ4n) is 4.48. The third-order valence-corrected chi connectivity index (χ3v) is 6.25. The largest absolute Gasteiger partial charge is 0.322 e. The predicted molar refractivity (Wildman–Crippen MR) is 125 cm³/mol. The number of carbonyl (C=O) groups excluding carboxylic acids is 1. The van der Waals surface area contributed by atoms with Crippen molar-refractivity contribution in [3.63, 3.8) is 0 Å². The average Bonchev–Trinajstić information content (AvgIpc) is 3.23. The van der Waals surface area contributed by atoms with Gasteiger partial charge in [0.2, 0.25) is 0 Å². The molecule has 2 amide bonds. The maximum atomic E-state index is 13.3. The number of aromatic nitrogens is 1. The third kappa shape index (κ3) is 4.83. The van der Waals surface area contributed by atoms with Gasteiger partial charge in [-0.3, -0.25) is 9.69 Å². The highest BCUT2D eigenvalue weighted by atomic mass is 19.1. The molecule has 6 nitrogen and oxygen atoms in total. The quantitative estimate of drug-likeness (QED) is 0.598. The zero-order valence-corrected chi connectivity index (χ0v) is 18.5. The normalized spacial score (nSPS) is 16.4. The molecular weight excluding hydrogens is 407 g/mol. The molecule has 1 fully saturated rings. The molecule has 32 heavy (non-hydrogen) atoms. The van der Waals surface area contributed by atoms with E-state index in [9.17, 15) is 14.0 Å². The van der Waals surface area contributed by atoms with Crippen LogP contribution in [-0.2, 0) is 6.54 Å². The third-order valence-electron chi connectivity index (χ3n) is 6.25. The van der Waals surface area contributed by atoms with Gasteiger partial charge < -0.3 is 15.2 Å². The monoisotopic (exact) mass is 436 g/mol. The zero-order chi connectivity index (χ0) is 22.7. The zero-order valence-electron chi connectivity index (χ0n) is 18.5. The van der Waals surface area contributed by atoms with Crippen molar-refractivity contribution in [3.8, 4) is 0 Å². The Morgan fingerprint density at radius 1 is 1.25 bits per heavy atom. The lowest BCUT2D eigenvalue weighted by Crippen LogP contribution is -2.45. The summed E-state index contributed by atoms with van der Waals surface area (Å²) >= 11 is 0. The summed E-state index contributed by atoms with van der Waals surface area (Å²) in [5, 5.41) is 3.79. The number of aromatic amines is 1. The van der Waals surface area contributed by atoms with E-state index in [-0.39, 0.29) is 30.0 Å². The van der Waals surface area contributed by atoms with Crippen LogP contribution in [0.3, 0.4) is 0 Å². The Bertz CT molecular complexity index is 1160. The number of hydrogen-bond donors (Lipinski definition) is 2. The summed E-state index contributed by atoms with van der Waals surface area (Å²) in [6.45, 7) is 6.74. The molecular formula is C25H29FN4O2. The van der Waals surface area contributed by atoms with Crippen LogP contribution in [0.25, 0.3) is 10.9 Å². The average molecular weight is 437 g/mol. The number of likely N-dealkylation sites (N-methyl/N-ethyl adjacent to an activating group) is 1. The molecule has 0 bridgehead atoms. The van der Waals surface area contributed by atoms with Gasteiger partial charge in [0.05, 0.1) is 12.1 Å². The second-order valence-electron chi connectivity index (χ2n) is 8.41.